The fourth-order valence-electron chi connectivity index (χ4n) is 3.52. The third-order valence-corrected chi connectivity index (χ3v) is 4.55. The van der Waals surface area contributed by atoms with Gasteiger partial charge in [-0.2, -0.15) is 0 Å². The minimum Gasteiger partial charge on any atom is -0.392 e. The maximum Gasteiger partial charge on any atom is 0.0669 e. The number of hydrogen-bond acceptors (Lipinski definition) is 3. The Hall–Kier alpha value is -0.120. The summed E-state index contributed by atoms with van der Waals surface area (Å²) < 4.78 is 0. The van der Waals surface area contributed by atoms with Crippen LogP contribution in [0.25, 0.3) is 0 Å². The highest BCUT2D eigenvalue weighted by Crippen LogP contribution is 2.28. The molecule has 1 saturated heterocycles. The van der Waals surface area contributed by atoms with Gasteiger partial charge in [-0.3, -0.25) is 4.90 Å². The lowest BCUT2D eigenvalue weighted by Crippen LogP contribution is -2.48. The van der Waals surface area contributed by atoms with Gasteiger partial charge in [-0.1, -0.05) is 32.6 Å². The van der Waals surface area contributed by atoms with Gasteiger partial charge in [-0.15, -0.1) is 0 Å². The number of nitrogens with zero attached hydrogens (tertiary/aromatic N) is 2. The first kappa shape index (κ1) is 14.3. The molecule has 0 radical (unpaired) electrons. The zero-order valence-electron chi connectivity index (χ0n) is 12.0. The van der Waals surface area contributed by atoms with Gasteiger partial charge in [0.2, 0.25) is 0 Å². The van der Waals surface area contributed by atoms with E-state index < -0.39 is 0 Å². The van der Waals surface area contributed by atoms with Crippen LogP contribution in [0.4, 0.5) is 0 Å². The SMILES string of the molecule is CCCN1CCN(CC(O)CC2CCCC2)CC1. The normalized spacial score (nSPS) is 25.7. The number of piperazine rings is 1. The van der Waals surface area contributed by atoms with Gasteiger partial charge in [-0.05, 0) is 25.3 Å². The van der Waals surface area contributed by atoms with Crippen LogP contribution in [0.3, 0.4) is 0 Å². The number of β-amino-alcohol motifs (C(OH)–C–C–N with tert-alkyl or cyclic N) is 1. The number of aliphatic hydroxyl groups excluding tert-OH is 1. The number of hydrogen-bond donors (Lipinski definition) is 1. The largest absolute Gasteiger partial charge is 0.392 e. The third kappa shape index (κ3) is 4.52. The first-order chi connectivity index (χ1) is 8.78. The molecule has 1 atom stereocenters. The Morgan fingerprint density at radius 1 is 1.06 bits per heavy atom. The summed E-state index contributed by atoms with van der Waals surface area (Å²) in [5.41, 5.74) is 0. The molecule has 2 aliphatic rings. The lowest BCUT2D eigenvalue weighted by molar-refractivity contribution is 0.0605. The minimum absolute atomic E-state index is 0.0918. The number of rotatable bonds is 6. The quantitative estimate of drug-likeness (QED) is 0.785. The Morgan fingerprint density at radius 2 is 1.67 bits per heavy atom. The third-order valence-electron chi connectivity index (χ3n) is 4.55. The van der Waals surface area contributed by atoms with Crippen LogP contribution < -0.4 is 0 Å². The lowest BCUT2D eigenvalue weighted by atomic mass is 10.00. The second-order valence-electron chi connectivity index (χ2n) is 6.18. The van der Waals surface area contributed by atoms with E-state index in [-0.39, 0.29) is 6.10 Å². The van der Waals surface area contributed by atoms with Crippen molar-refractivity contribution in [1.29, 1.82) is 0 Å². The van der Waals surface area contributed by atoms with Crippen molar-refractivity contribution < 1.29 is 5.11 Å². The van der Waals surface area contributed by atoms with Crippen molar-refractivity contribution in [2.45, 2.75) is 51.6 Å². The summed E-state index contributed by atoms with van der Waals surface area (Å²) in [6.07, 6.45) is 7.66. The van der Waals surface area contributed by atoms with Crippen molar-refractivity contribution >= 4 is 0 Å². The summed E-state index contributed by atoms with van der Waals surface area (Å²) in [5.74, 6) is 0.807. The molecule has 0 amide bonds. The molecule has 1 N–H and O–H groups in total. The molecule has 2 fully saturated rings. The van der Waals surface area contributed by atoms with E-state index >= 15 is 0 Å². The van der Waals surface area contributed by atoms with Crippen LogP contribution in [0.2, 0.25) is 0 Å². The molecule has 1 heterocycles. The standard InChI is InChI=1S/C15H30N2O/c1-2-7-16-8-10-17(11-9-16)13-15(18)12-14-5-3-4-6-14/h14-15,18H,2-13H2,1H3. The van der Waals surface area contributed by atoms with Gasteiger partial charge in [0.25, 0.3) is 0 Å². The first-order valence-corrected chi connectivity index (χ1v) is 7.90. The Labute approximate surface area is 112 Å². The second kappa shape index (κ2) is 7.46. The summed E-state index contributed by atoms with van der Waals surface area (Å²) in [7, 11) is 0. The van der Waals surface area contributed by atoms with E-state index in [2.05, 4.69) is 16.7 Å². The Bertz CT molecular complexity index is 221. The molecule has 0 aromatic heterocycles. The fraction of sp³-hybridized carbons (Fsp3) is 1.00. The van der Waals surface area contributed by atoms with Gasteiger partial charge in [-0.25, -0.2) is 0 Å². The Morgan fingerprint density at radius 3 is 2.28 bits per heavy atom. The Balaban J connectivity index is 1.61. The molecule has 1 aliphatic heterocycles. The fourth-order valence-corrected chi connectivity index (χ4v) is 3.52. The molecule has 0 bridgehead atoms. The van der Waals surface area contributed by atoms with E-state index in [0.29, 0.717) is 0 Å². The average Bonchev–Trinajstić information content (AvgIpc) is 2.84. The topological polar surface area (TPSA) is 26.7 Å². The second-order valence-corrected chi connectivity index (χ2v) is 6.18. The zero-order valence-corrected chi connectivity index (χ0v) is 12.0. The maximum atomic E-state index is 10.2. The van der Waals surface area contributed by atoms with E-state index in [0.717, 1.165) is 32.0 Å². The van der Waals surface area contributed by atoms with Crippen LogP contribution in [0.5, 0.6) is 0 Å². The highest BCUT2D eigenvalue weighted by Gasteiger charge is 2.22. The van der Waals surface area contributed by atoms with E-state index in [9.17, 15) is 5.11 Å². The summed E-state index contributed by atoms with van der Waals surface area (Å²) in [6, 6.07) is 0. The predicted octanol–water partition coefficient (Wildman–Crippen LogP) is 1.96. The lowest BCUT2D eigenvalue weighted by Gasteiger charge is -2.35. The highest BCUT2D eigenvalue weighted by molar-refractivity contribution is 4.77. The minimum atomic E-state index is -0.0918. The van der Waals surface area contributed by atoms with Crippen LogP contribution in [0.15, 0.2) is 0 Å². The predicted molar refractivity (Wildman–Crippen MR) is 75.8 cm³/mol. The van der Waals surface area contributed by atoms with Gasteiger partial charge in [0.15, 0.2) is 0 Å². The van der Waals surface area contributed by atoms with Gasteiger partial charge < -0.3 is 10.0 Å². The van der Waals surface area contributed by atoms with E-state index in [1.165, 1.54) is 51.7 Å². The van der Waals surface area contributed by atoms with Crippen LogP contribution in [0, 0.1) is 5.92 Å². The molecule has 3 nitrogen and oxygen atoms in total. The molecular weight excluding hydrogens is 224 g/mol. The molecule has 106 valence electrons. The van der Waals surface area contributed by atoms with Gasteiger partial charge >= 0.3 is 0 Å². The number of aliphatic hydroxyl groups is 1. The van der Waals surface area contributed by atoms with Crippen molar-refractivity contribution in [2.75, 3.05) is 39.3 Å². The average molecular weight is 254 g/mol. The zero-order chi connectivity index (χ0) is 12.8. The van der Waals surface area contributed by atoms with Gasteiger partial charge in [0.1, 0.15) is 0 Å². The molecule has 0 aromatic carbocycles. The highest BCUT2D eigenvalue weighted by atomic mass is 16.3. The molecule has 1 saturated carbocycles. The van der Waals surface area contributed by atoms with Gasteiger partial charge in [0.05, 0.1) is 6.10 Å². The maximum absolute atomic E-state index is 10.2. The van der Waals surface area contributed by atoms with Crippen LogP contribution in [-0.2, 0) is 0 Å². The van der Waals surface area contributed by atoms with Crippen molar-refractivity contribution in [3.05, 3.63) is 0 Å². The molecule has 0 spiro atoms. The summed E-state index contributed by atoms with van der Waals surface area (Å²) in [6.45, 7) is 9.03. The van der Waals surface area contributed by atoms with E-state index in [1.807, 2.05) is 0 Å². The van der Waals surface area contributed by atoms with Crippen molar-refractivity contribution in [2.24, 2.45) is 5.92 Å². The smallest absolute Gasteiger partial charge is 0.0669 e. The molecule has 1 aliphatic carbocycles. The van der Waals surface area contributed by atoms with Crippen LogP contribution in [0.1, 0.15) is 45.4 Å². The van der Waals surface area contributed by atoms with Gasteiger partial charge in [0, 0.05) is 32.7 Å². The molecule has 1 unspecified atom stereocenters. The van der Waals surface area contributed by atoms with Crippen molar-refractivity contribution in [3.63, 3.8) is 0 Å². The summed E-state index contributed by atoms with van der Waals surface area (Å²) in [4.78, 5) is 4.99. The molecule has 2 rings (SSSR count). The summed E-state index contributed by atoms with van der Waals surface area (Å²) in [5, 5.41) is 10.2. The first-order valence-electron chi connectivity index (χ1n) is 7.90. The molecular formula is C15H30N2O. The van der Waals surface area contributed by atoms with Crippen LogP contribution in [-0.4, -0.2) is 60.3 Å². The summed E-state index contributed by atoms with van der Waals surface area (Å²) >= 11 is 0. The van der Waals surface area contributed by atoms with Crippen LogP contribution >= 0.6 is 0 Å². The monoisotopic (exact) mass is 254 g/mol. The van der Waals surface area contributed by atoms with E-state index in [4.69, 9.17) is 0 Å². The van der Waals surface area contributed by atoms with E-state index in [1.54, 1.807) is 0 Å². The molecule has 0 aromatic rings. The molecule has 18 heavy (non-hydrogen) atoms. The Kier molecular flexibility index (Phi) is 5.93. The molecule has 3 heteroatoms. The van der Waals surface area contributed by atoms with Crippen molar-refractivity contribution in [1.82, 2.24) is 9.80 Å². The van der Waals surface area contributed by atoms with Crippen molar-refractivity contribution in [3.8, 4) is 0 Å².